The molecule has 0 aromatic carbocycles. The van der Waals surface area contributed by atoms with Gasteiger partial charge in [0.15, 0.2) is 0 Å². The highest BCUT2D eigenvalue weighted by atomic mass is 32.1. The van der Waals surface area contributed by atoms with Crippen LogP contribution in [0.2, 0.25) is 0 Å². The summed E-state index contributed by atoms with van der Waals surface area (Å²) in [7, 11) is -0.226. The first-order valence-electron chi connectivity index (χ1n) is 10.7. The molecule has 0 unspecified atom stereocenters. The summed E-state index contributed by atoms with van der Waals surface area (Å²) < 4.78 is 16.4. The van der Waals surface area contributed by atoms with Gasteiger partial charge in [0.2, 0.25) is 0 Å². The third-order valence-electron chi connectivity index (χ3n) is 6.04. The molecule has 1 aliphatic rings. The largest absolute Gasteiger partial charge is 0.505 e. The van der Waals surface area contributed by atoms with Crippen LogP contribution in [-0.2, 0) is 15.7 Å². The van der Waals surface area contributed by atoms with Crippen LogP contribution in [0.15, 0.2) is 12.1 Å². The van der Waals surface area contributed by atoms with Crippen LogP contribution < -0.4 is 4.78 Å². The van der Waals surface area contributed by atoms with Crippen molar-refractivity contribution in [3.63, 3.8) is 0 Å². The Balaban J connectivity index is 1.47. The summed E-state index contributed by atoms with van der Waals surface area (Å²) in [6.45, 7) is 10.7. The average Bonchev–Trinajstić information content (AvgIpc) is 3.20. The maximum atomic E-state index is 6.20. The molecule has 3 rings (SSSR count). The molecule has 150 valence electrons. The number of aryl methyl sites for hydroxylation is 1. The molecule has 2 aromatic rings. The Labute approximate surface area is 173 Å². The number of hydrogen-bond acceptors (Lipinski definition) is 4. The third kappa shape index (κ3) is 5.17. The smallest absolute Gasteiger partial charge is 0.399 e. The summed E-state index contributed by atoms with van der Waals surface area (Å²) in [6, 6.07) is 4.67. The molecular formula is C22H35BO2S2. The second-order valence-corrected chi connectivity index (χ2v) is 11.2. The van der Waals surface area contributed by atoms with Gasteiger partial charge in [0, 0.05) is 19.1 Å². The maximum absolute atomic E-state index is 6.20. The van der Waals surface area contributed by atoms with E-state index in [1.54, 1.807) is 0 Å². The predicted octanol–water partition coefficient (Wildman–Crippen LogP) is 6.95. The van der Waals surface area contributed by atoms with E-state index >= 15 is 0 Å². The van der Waals surface area contributed by atoms with Gasteiger partial charge in [0.1, 0.15) is 0 Å². The van der Waals surface area contributed by atoms with E-state index in [9.17, 15) is 0 Å². The van der Waals surface area contributed by atoms with Crippen LogP contribution in [-0.4, -0.2) is 18.3 Å². The lowest BCUT2D eigenvalue weighted by molar-refractivity contribution is 0.00578. The van der Waals surface area contributed by atoms with Gasteiger partial charge in [-0.25, -0.2) is 0 Å². The predicted molar refractivity (Wildman–Crippen MR) is 122 cm³/mol. The monoisotopic (exact) mass is 406 g/mol. The van der Waals surface area contributed by atoms with Gasteiger partial charge < -0.3 is 9.31 Å². The SMILES string of the molecule is CCCCCCCCCCc1cc2sc(B3OC(C)(C)C(C)(C)O3)cc2s1. The number of rotatable bonds is 10. The minimum atomic E-state index is -0.267. The summed E-state index contributed by atoms with van der Waals surface area (Å²) in [6.07, 6.45) is 12.3. The Bertz CT molecular complexity index is 684. The van der Waals surface area contributed by atoms with Crippen LogP contribution in [0.4, 0.5) is 0 Å². The second-order valence-electron chi connectivity index (χ2n) is 8.90. The van der Waals surface area contributed by atoms with Gasteiger partial charge in [0.05, 0.1) is 11.2 Å². The molecule has 0 bridgehead atoms. The van der Waals surface area contributed by atoms with Crippen molar-refractivity contribution in [2.45, 2.75) is 104 Å². The second kappa shape index (κ2) is 8.98. The van der Waals surface area contributed by atoms with Gasteiger partial charge >= 0.3 is 7.12 Å². The zero-order valence-electron chi connectivity index (χ0n) is 17.7. The van der Waals surface area contributed by atoms with Gasteiger partial charge in [-0.05, 0) is 52.7 Å². The molecule has 2 aromatic heterocycles. The highest BCUT2D eigenvalue weighted by Crippen LogP contribution is 2.38. The number of fused-ring (bicyclic) bond motifs is 1. The molecule has 0 radical (unpaired) electrons. The fourth-order valence-corrected chi connectivity index (χ4v) is 5.97. The van der Waals surface area contributed by atoms with Crippen LogP contribution in [0.1, 0.15) is 90.9 Å². The molecule has 1 aliphatic heterocycles. The molecule has 5 heteroatoms. The lowest BCUT2D eigenvalue weighted by Crippen LogP contribution is -2.41. The van der Waals surface area contributed by atoms with Crippen molar-refractivity contribution in [2.75, 3.05) is 0 Å². The number of unbranched alkanes of at least 4 members (excludes halogenated alkanes) is 7. The Morgan fingerprint density at radius 3 is 1.93 bits per heavy atom. The van der Waals surface area contributed by atoms with Crippen LogP contribution in [0.25, 0.3) is 9.40 Å². The van der Waals surface area contributed by atoms with Crippen molar-refractivity contribution in [3.05, 3.63) is 17.0 Å². The van der Waals surface area contributed by atoms with Crippen molar-refractivity contribution in [3.8, 4) is 0 Å². The van der Waals surface area contributed by atoms with Crippen LogP contribution in [0.3, 0.4) is 0 Å². The minimum Gasteiger partial charge on any atom is -0.399 e. The molecule has 0 spiro atoms. The van der Waals surface area contributed by atoms with Crippen molar-refractivity contribution < 1.29 is 9.31 Å². The van der Waals surface area contributed by atoms with Crippen molar-refractivity contribution in [1.29, 1.82) is 0 Å². The van der Waals surface area contributed by atoms with Gasteiger partial charge in [-0.3, -0.25) is 0 Å². The van der Waals surface area contributed by atoms with Crippen molar-refractivity contribution in [1.82, 2.24) is 0 Å². The first kappa shape index (κ1) is 21.4. The molecule has 0 amide bonds. The summed E-state index contributed by atoms with van der Waals surface area (Å²) >= 11 is 3.78. The fourth-order valence-electron chi connectivity index (χ4n) is 3.54. The highest BCUT2D eigenvalue weighted by molar-refractivity contribution is 7.33. The first-order chi connectivity index (χ1) is 12.8. The molecule has 0 N–H and O–H groups in total. The molecule has 3 heterocycles. The molecule has 27 heavy (non-hydrogen) atoms. The standard InChI is InChI=1S/C22H35BO2S2/c1-6-7-8-9-10-11-12-13-14-17-15-18-19(26-17)16-20(27-18)23-24-21(2,3)22(4,5)25-23/h15-16H,6-14H2,1-5H3. The highest BCUT2D eigenvalue weighted by Gasteiger charge is 2.52. The van der Waals surface area contributed by atoms with E-state index in [1.165, 1.54) is 76.8 Å². The van der Waals surface area contributed by atoms with Gasteiger partial charge in [-0.2, -0.15) is 0 Å². The fraction of sp³-hybridized carbons (Fsp3) is 0.727. The summed E-state index contributed by atoms with van der Waals surface area (Å²) in [4.78, 5) is 1.53. The Morgan fingerprint density at radius 2 is 1.33 bits per heavy atom. The van der Waals surface area contributed by atoms with E-state index in [-0.39, 0.29) is 18.3 Å². The Hall–Kier alpha value is -0.355. The molecule has 0 atom stereocenters. The number of thiophene rings is 2. The van der Waals surface area contributed by atoms with Crippen LogP contribution >= 0.6 is 22.7 Å². The maximum Gasteiger partial charge on any atom is 0.505 e. The summed E-state index contributed by atoms with van der Waals surface area (Å²) in [5.74, 6) is 0. The van der Waals surface area contributed by atoms with E-state index in [1.807, 2.05) is 22.7 Å². The molecule has 2 nitrogen and oxygen atoms in total. The number of hydrogen-bond donors (Lipinski definition) is 0. The topological polar surface area (TPSA) is 18.5 Å². The molecule has 1 saturated heterocycles. The molecular weight excluding hydrogens is 371 g/mol. The minimum absolute atomic E-state index is 0.226. The van der Waals surface area contributed by atoms with E-state index in [0.29, 0.717) is 0 Å². The quantitative estimate of drug-likeness (QED) is 0.314. The average molecular weight is 406 g/mol. The lowest BCUT2D eigenvalue weighted by atomic mass is 9.88. The van der Waals surface area contributed by atoms with Crippen molar-refractivity contribution >= 4 is 44.0 Å². The van der Waals surface area contributed by atoms with E-state index in [4.69, 9.17) is 9.31 Å². The Morgan fingerprint density at radius 1 is 0.778 bits per heavy atom. The first-order valence-corrected chi connectivity index (χ1v) is 12.3. The van der Waals surface area contributed by atoms with Crippen molar-refractivity contribution in [2.24, 2.45) is 0 Å². The van der Waals surface area contributed by atoms with Gasteiger partial charge in [-0.1, -0.05) is 51.9 Å². The van der Waals surface area contributed by atoms with Crippen LogP contribution in [0, 0.1) is 0 Å². The lowest BCUT2D eigenvalue weighted by Gasteiger charge is -2.32. The van der Waals surface area contributed by atoms with Crippen LogP contribution in [0.5, 0.6) is 0 Å². The van der Waals surface area contributed by atoms with Gasteiger partial charge in [-0.15, -0.1) is 22.7 Å². The summed E-state index contributed by atoms with van der Waals surface area (Å²) in [5.41, 5.74) is -0.534. The third-order valence-corrected chi connectivity index (χ3v) is 8.41. The zero-order chi connectivity index (χ0) is 19.5. The van der Waals surface area contributed by atoms with E-state index in [0.717, 1.165) is 0 Å². The van der Waals surface area contributed by atoms with Gasteiger partial charge in [0.25, 0.3) is 0 Å². The molecule has 0 aliphatic carbocycles. The normalized spacial score (nSPS) is 18.6. The summed E-state index contributed by atoms with van der Waals surface area (Å²) in [5, 5.41) is 0. The van der Waals surface area contributed by atoms with E-state index < -0.39 is 0 Å². The molecule has 1 fully saturated rings. The Kier molecular flexibility index (Phi) is 7.10. The molecule has 0 saturated carbocycles. The van der Waals surface area contributed by atoms with E-state index in [2.05, 4.69) is 46.8 Å². The zero-order valence-corrected chi connectivity index (χ0v) is 19.4.